The van der Waals surface area contributed by atoms with Crippen molar-refractivity contribution < 1.29 is 23.1 Å². The quantitative estimate of drug-likeness (QED) is 0.903. The number of amides is 1. The van der Waals surface area contributed by atoms with Crippen molar-refractivity contribution in [2.75, 3.05) is 13.6 Å². The molecule has 3 atom stereocenters. The third-order valence-corrected chi connectivity index (χ3v) is 4.75. The summed E-state index contributed by atoms with van der Waals surface area (Å²) < 4.78 is 38.3. The Morgan fingerprint density at radius 1 is 1.39 bits per heavy atom. The van der Waals surface area contributed by atoms with Gasteiger partial charge in [-0.2, -0.15) is 13.2 Å². The molecule has 2 aliphatic carbocycles. The number of alkyl halides is 3. The number of aliphatic hydroxyl groups excluding tert-OH is 1. The van der Waals surface area contributed by atoms with Crippen LogP contribution < -0.4 is 0 Å². The number of hydrogen-bond acceptors (Lipinski definition) is 2. The van der Waals surface area contributed by atoms with Gasteiger partial charge in [-0.05, 0) is 42.7 Å². The Hall–Kier alpha value is -1.56. The maximum absolute atomic E-state index is 12.8. The fourth-order valence-electron chi connectivity index (χ4n) is 3.07. The van der Waals surface area contributed by atoms with Crippen LogP contribution in [0, 0.1) is 11.8 Å². The van der Waals surface area contributed by atoms with Crippen molar-refractivity contribution >= 4 is 5.91 Å². The van der Waals surface area contributed by atoms with E-state index in [0.717, 1.165) is 25.0 Å². The molecule has 0 aliphatic heterocycles. The molecule has 0 saturated heterocycles. The fourth-order valence-corrected chi connectivity index (χ4v) is 3.07. The highest BCUT2D eigenvalue weighted by Gasteiger charge is 2.46. The Balaban J connectivity index is 1.61. The molecule has 3 nitrogen and oxygen atoms in total. The van der Waals surface area contributed by atoms with Crippen LogP contribution >= 0.6 is 0 Å². The first-order valence-corrected chi connectivity index (χ1v) is 7.87. The van der Waals surface area contributed by atoms with Crippen LogP contribution in [0.25, 0.3) is 0 Å². The number of carbonyl (C=O) groups excluding carboxylic acids is 1. The van der Waals surface area contributed by atoms with Crippen LogP contribution in [-0.4, -0.2) is 35.6 Å². The minimum atomic E-state index is -4.37. The zero-order valence-electron chi connectivity index (χ0n) is 12.9. The van der Waals surface area contributed by atoms with Gasteiger partial charge >= 0.3 is 6.18 Å². The smallest absolute Gasteiger partial charge is 0.391 e. The molecule has 1 aromatic rings. The van der Waals surface area contributed by atoms with Gasteiger partial charge in [-0.1, -0.05) is 18.2 Å². The lowest BCUT2D eigenvalue weighted by Gasteiger charge is -2.21. The molecule has 0 radical (unpaired) electrons. The van der Waals surface area contributed by atoms with Crippen LogP contribution in [0.4, 0.5) is 13.2 Å². The van der Waals surface area contributed by atoms with E-state index in [1.807, 2.05) is 0 Å². The Morgan fingerprint density at radius 2 is 2.09 bits per heavy atom. The molecule has 2 fully saturated rings. The summed E-state index contributed by atoms with van der Waals surface area (Å²) in [4.78, 5) is 13.9. The second-order valence-electron chi connectivity index (χ2n) is 6.70. The van der Waals surface area contributed by atoms with Gasteiger partial charge in [0.2, 0.25) is 5.91 Å². The summed E-state index contributed by atoms with van der Waals surface area (Å²) in [5.74, 6) is -0.212. The van der Waals surface area contributed by atoms with Crippen LogP contribution in [0.1, 0.15) is 36.3 Å². The van der Waals surface area contributed by atoms with Gasteiger partial charge in [0.15, 0.2) is 0 Å². The van der Waals surface area contributed by atoms with Crippen LogP contribution in [0.5, 0.6) is 0 Å². The summed E-state index contributed by atoms with van der Waals surface area (Å²) in [6.07, 6.45) is -2.28. The first-order valence-electron chi connectivity index (χ1n) is 7.87. The van der Waals surface area contributed by atoms with Gasteiger partial charge in [-0.15, -0.1) is 0 Å². The molecule has 6 heteroatoms. The number of halogens is 3. The SMILES string of the molecule is CN(CC(O)C1CC1)C(=O)C1CC1c1cccc(C(F)(F)F)c1. The Bertz CT molecular complexity index is 598. The molecule has 126 valence electrons. The summed E-state index contributed by atoms with van der Waals surface area (Å²) in [7, 11) is 1.65. The first-order chi connectivity index (χ1) is 10.8. The Morgan fingerprint density at radius 3 is 2.70 bits per heavy atom. The van der Waals surface area contributed by atoms with E-state index in [9.17, 15) is 23.1 Å². The summed E-state index contributed by atoms with van der Waals surface area (Å²) in [6.45, 7) is 0.301. The molecule has 0 spiro atoms. The molecule has 2 aliphatic rings. The highest BCUT2D eigenvalue weighted by atomic mass is 19.4. The predicted octanol–water partition coefficient (Wildman–Crippen LogP) is 3.04. The lowest BCUT2D eigenvalue weighted by Crippen LogP contribution is -2.36. The highest BCUT2D eigenvalue weighted by Crippen LogP contribution is 2.49. The van der Waals surface area contributed by atoms with Crippen molar-refractivity contribution in [3.8, 4) is 0 Å². The molecule has 1 N–H and O–H groups in total. The molecule has 3 unspecified atom stereocenters. The second kappa shape index (κ2) is 5.82. The maximum atomic E-state index is 12.8. The lowest BCUT2D eigenvalue weighted by atomic mass is 10.0. The number of rotatable bonds is 5. The van der Waals surface area contributed by atoms with Crippen molar-refractivity contribution in [2.24, 2.45) is 11.8 Å². The molecule has 1 aromatic carbocycles. The van der Waals surface area contributed by atoms with Gasteiger partial charge in [0.1, 0.15) is 0 Å². The molecule has 0 aromatic heterocycles. The minimum Gasteiger partial charge on any atom is -0.391 e. The fraction of sp³-hybridized carbons (Fsp3) is 0.588. The van der Waals surface area contributed by atoms with Crippen molar-refractivity contribution in [3.63, 3.8) is 0 Å². The number of aliphatic hydroxyl groups is 1. The second-order valence-corrected chi connectivity index (χ2v) is 6.70. The van der Waals surface area contributed by atoms with E-state index in [-0.39, 0.29) is 17.7 Å². The number of nitrogens with zero attached hydrogens (tertiary/aromatic N) is 1. The predicted molar refractivity (Wildman–Crippen MR) is 78.7 cm³/mol. The molecule has 0 bridgehead atoms. The third kappa shape index (κ3) is 3.68. The van der Waals surface area contributed by atoms with Crippen molar-refractivity contribution in [3.05, 3.63) is 35.4 Å². The average molecular weight is 327 g/mol. The molecule has 23 heavy (non-hydrogen) atoms. The van der Waals surface area contributed by atoms with Gasteiger partial charge in [-0.3, -0.25) is 4.79 Å². The van der Waals surface area contributed by atoms with Gasteiger partial charge in [-0.25, -0.2) is 0 Å². The normalized spacial score (nSPS) is 25.1. The molecule has 0 heterocycles. The summed E-state index contributed by atoms with van der Waals surface area (Å²) in [5.41, 5.74) is -0.111. The van der Waals surface area contributed by atoms with E-state index in [0.29, 0.717) is 24.4 Å². The average Bonchev–Trinajstić information content (AvgIpc) is 3.38. The Labute approximate surface area is 133 Å². The molecule has 3 rings (SSSR count). The Kier molecular flexibility index (Phi) is 4.12. The summed E-state index contributed by atoms with van der Waals surface area (Å²) in [6, 6.07) is 5.21. The monoisotopic (exact) mass is 327 g/mol. The van der Waals surface area contributed by atoms with Gasteiger partial charge in [0.05, 0.1) is 11.7 Å². The summed E-state index contributed by atoms with van der Waals surface area (Å²) >= 11 is 0. The topological polar surface area (TPSA) is 40.5 Å². The van der Waals surface area contributed by atoms with E-state index in [2.05, 4.69) is 0 Å². The zero-order chi connectivity index (χ0) is 16.8. The largest absolute Gasteiger partial charge is 0.416 e. The molecule has 1 amide bonds. The zero-order valence-corrected chi connectivity index (χ0v) is 12.9. The molecular formula is C17H20F3NO2. The number of carbonyl (C=O) groups is 1. The first kappa shape index (κ1) is 16.3. The van der Waals surface area contributed by atoms with Gasteiger partial charge < -0.3 is 10.0 Å². The maximum Gasteiger partial charge on any atom is 0.416 e. The van der Waals surface area contributed by atoms with Gasteiger partial charge in [0.25, 0.3) is 0 Å². The van der Waals surface area contributed by atoms with E-state index >= 15 is 0 Å². The number of benzene rings is 1. The molecule has 2 saturated carbocycles. The number of likely N-dealkylation sites (N-methyl/N-ethyl adjacent to an activating group) is 1. The van der Waals surface area contributed by atoms with E-state index in [1.165, 1.54) is 11.0 Å². The van der Waals surface area contributed by atoms with E-state index in [1.54, 1.807) is 13.1 Å². The van der Waals surface area contributed by atoms with Crippen LogP contribution in [0.2, 0.25) is 0 Å². The number of hydrogen-bond donors (Lipinski definition) is 1. The lowest BCUT2D eigenvalue weighted by molar-refractivity contribution is -0.137. The van der Waals surface area contributed by atoms with Crippen molar-refractivity contribution in [1.29, 1.82) is 0 Å². The third-order valence-electron chi connectivity index (χ3n) is 4.75. The standard InChI is InChI=1S/C17H20F3NO2/c1-21(9-15(22)10-5-6-10)16(23)14-8-13(14)11-3-2-4-12(7-11)17(18,19)20/h2-4,7,10,13-15,22H,5-6,8-9H2,1H3. The van der Waals surface area contributed by atoms with Gasteiger partial charge in [0, 0.05) is 19.5 Å². The minimum absolute atomic E-state index is 0.0906. The van der Waals surface area contributed by atoms with E-state index < -0.39 is 17.8 Å². The molecular weight excluding hydrogens is 307 g/mol. The van der Waals surface area contributed by atoms with Crippen LogP contribution in [-0.2, 0) is 11.0 Å². The van der Waals surface area contributed by atoms with Crippen LogP contribution in [0.15, 0.2) is 24.3 Å². The van der Waals surface area contributed by atoms with Crippen LogP contribution in [0.3, 0.4) is 0 Å². The summed E-state index contributed by atoms with van der Waals surface area (Å²) in [5, 5.41) is 9.90. The van der Waals surface area contributed by atoms with Crippen molar-refractivity contribution in [2.45, 2.75) is 37.5 Å². The van der Waals surface area contributed by atoms with Crippen molar-refractivity contribution in [1.82, 2.24) is 4.90 Å². The highest BCUT2D eigenvalue weighted by molar-refractivity contribution is 5.82. The van der Waals surface area contributed by atoms with E-state index in [4.69, 9.17) is 0 Å².